The summed E-state index contributed by atoms with van der Waals surface area (Å²) in [5.74, 6) is -0.409. The maximum Gasteiger partial charge on any atom is 0.316 e. The molecule has 0 bridgehead atoms. The molecular formula is C12H15NO4S. The maximum absolute atomic E-state index is 11.9. The van der Waals surface area contributed by atoms with Gasteiger partial charge in [0.2, 0.25) is 10.0 Å². The maximum atomic E-state index is 11.9. The lowest BCUT2D eigenvalue weighted by Gasteiger charge is -2.44. The van der Waals surface area contributed by atoms with Crippen molar-refractivity contribution in [2.75, 3.05) is 7.11 Å². The molecule has 0 radical (unpaired) electrons. The average Bonchev–Trinajstić information content (AvgIpc) is 2.27. The normalized spacial score (nSPS) is 27.3. The minimum absolute atomic E-state index is 0.183. The molecule has 0 unspecified atom stereocenters. The van der Waals surface area contributed by atoms with Gasteiger partial charge in [-0.15, -0.1) is 0 Å². The number of ether oxygens (including phenoxy) is 1. The van der Waals surface area contributed by atoms with Crippen molar-refractivity contribution in [3.05, 3.63) is 35.9 Å². The second kappa shape index (κ2) is 4.37. The molecule has 0 amide bonds. The van der Waals surface area contributed by atoms with Gasteiger partial charge in [-0.3, -0.25) is 4.79 Å². The molecule has 1 saturated carbocycles. The number of carbonyl (C=O) groups excluding carboxylic acids is 1. The Balaban J connectivity index is 2.33. The number of methoxy groups -OCH3 is 1. The summed E-state index contributed by atoms with van der Waals surface area (Å²) < 4.78 is 27.3. The van der Waals surface area contributed by atoms with Crippen LogP contribution in [-0.2, 0) is 25.0 Å². The molecule has 0 spiro atoms. The first-order valence-corrected chi connectivity index (χ1v) is 7.16. The van der Waals surface area contributed by atoms with Gasteiger partial charge in [0, 0.05) is 0 Å². The van der Waals surface area contributed by atoms with E-state index in [0.29, 0.717) is 0 Å². The average molecular weight is 269 g/mol. The Labute approximate surface area is 106 Å². The van der Waals surface area contributed by atoms with Gasteiger partial charge in [0.15, 0.2) is 0 Å². The van der Waals surface area contributed by atoms with Crippen LogP contribution in [-0.4, -0.2) is 26.7 Å². The van der Waals surface area contributed by atoms with Crippen LogP contribution < -0.4 is 5.14 Å². The summed E-state index contributed by atoms with van der Waals surface area (Å²) in [5, 5.41) is 4.43. The zero-order chi connectivity index (χ0) is 13.4. The largest absolute Gasteiger partial charge is 0.468 e. The predicted octanol–water partition coefficient (Wildman–Crippen LogP) is 0.548. The fourth-order valence-electron chi connectivity index (χ4n) is 2.42. The third kappa shape index (κ3) is 2.02. The number of nitrogens with two attached hydrogens (primary N) is 1. The van der Waals surface area contributed by atoms with E-state index in [4.69, 9.17) is 9.88 Å². The smallest absolute Gasteiger partial charge is 0.316 e. The van der Waals surface area contributed by atoms with Crippen LogP contribution in [0.2, 0.25) is 0 Å². The standard InChI is InChI=1S/C12H15NO4S/c1-17-11(14)12(9-5-3-2-4-6-9)7-10(8-12)18(13,15)16/h2-6,10H,7-8H2,1H3,(H2,13,15,16). The molecule has 0 heterocycles. The highest BCUT2D eigenvalue weighted by Gasteiger charge is 2.55. The van der Waals surface area contributed by atoms with E-state index in [0.717, 1.165) is 5.56 Å². The molecule has 98 valence electrons. The van der Waals surface area contributed by atoms with Crippen molar-refractivity contribution in [3.8, 4) is 0 Å². The van der Waals surface area contributed by atoms with Crippen molar-refractivity contribution < 1.29 is 17.9 Å². The van der Waals surface area contributed by atoms with Crippen LogP contribution in [0.3, 0.4) is 0 Å². The molecule has 18 heavy (non-hydrogen) atoms. The molecule has 0 saturated heterocycles. The van der Waals surface area contributed by atoms with Crippen molar-refractivity contribution in [2.45, 2.75) is 23.5 Å². The second-order valence-electron chi connectivity index (χ2n) is 4.56. The van der Waals surface area contributed by atoms with E-state index in [-0.39, 0.29) is 12.8 Å². The molecule has 0 atom stereocenters. The molecule has 2 rings (SSSR count). The molecule has 1 aliphatic carbocycles. The van der Waals surface area contributed by atoms with Crippen LogP contribution >= 0.6 is 0 Å². The van der Waals surface area contributed by atoms with Gasteiger partial charge in [-0.25, -0.2) is 13.6 Å². The first-order valence-electron chi connectivity index (χ1n) is 5.56. The third-order valence-corrected chi connectivity index (χ3v) is 4.78. The molecule has 1 fully saturated rings. The molecular weight excluding hydrogens is 254 g/mol. The Bertz CT molecular complexity index is 547. The molecule has 1 aliphatic rings. The second-order valence-corrected chi connectivity index (χ2v) is 6.40. The Kier molecular flexibility index (Phi) is 3.16. The van der Waals surface area contributed by atoms with E-state index < -0.39 is 26.7 Å². The number of hydrogen-bond acceptors (Lipinski definition) is 4. The zero-order valence-corrected chi connectivity index (χ0v) is 10.8. The molecule has 2 N–H and O–H groups in total. The summed E-state index contributed by atoms with van der Waals surface area (Å²) in [4.78, 5) is 11.9. The van der Waals surface area contributed by atoms with E-state index in [1.54, 1.807) is 12.1 Å². The first-order chi connectivity index (χ1) is 8.40. The number of esters is 1. The van der Waals surface area contributed by atoms with E-state index >= 15 is 0 Å². The lowest BCUT2D eigenvalue weighted by molar-refractivity contribution is -0.151. The Hall–Kier alpha value is -1.40. The van der Waals surface area contributed by atoms with Crippen LogP contribution in [0.15, 0.2) is 30.3 Å². The number of hydrogen-bond donors (Lipinski definition) is 1. The van der Waals surface area contributed by atoms with Gasteiger partial charge in [-0.2, -0.15) is 0 Å². The van der Waals surface area contributed by atoms with Gasteiger partial charge in [0.25, 0.3) is 0 Å². The van der Waals surface area contributed by atoms with E-state index in [2.05, 4.69) is 0 Å². The van der Waals surface area contributed by atoms with E-state index in [9.17, 15) is 13.2 Å². The van der Waals surface area contributed by atoms with E-state index in [1.807, 2.05) is 18.2 Å². The molecule has 5 nitrogen and oxygen atoms in total. The predicted molar refractivity (Wildman–Crippen MR) is 66.3 cm³/mol. The number of rotatable bonds is 3. The van der Waals surface area contributed by atoms with Crippen LogP contribution in [0.25, 0.3) is 0 Å². The molecule has 1 aromatic rings. The zero-order valence-electron chi connectivity index (χ0n) is 10.00. The van der Waals surface area contributed by atoms with Crippen molar-refractivity contribution in [1.29, 1.82) is 0 Å². The Morgan fingerprint density at radius 1 is 1.33 bits per heavy atom. The number of sulfonamides is 1. The summed E-state index contributed by atoms with van der Waals surface area (Å²) in [6.45, 7) is 0. The fraction of sp³-hybridized carbons (Fsp3) is 0.417. The summed E-state index contributed by atoms with van der Waals surface area (Å²) in [5.41, 5.74) is -0.0932. The lowest BCUT2D eigenvalue weighted by atomic mass is 9.64. The highest BCUT2D eigenvalue weighted by atomic mass is 32.2. The number of carbonyl (C=O) groups is 1. The monoisotopic (exact) mass is 269 g/mol. The SMILES string of the molecule is COC(=O)C1(c2ccccc2)CC(S(N)(=O)=O)C1. The molecule has 6 heteroatoms. The van der Waals surface area contributed by atoms with Crippen molar-refractivity contribution in [2.24, 2.45) is 5.14 Å². The number of benzene rings is 1. The molecule has 0 aromatic heterocycles. The Morgan fingerprint density at radius 3 is 2.33 bits per heavy atom. The summed E-state index contributed by atoms with van der Waals surface area (Å²) in [6.07, 6.45) is 0.366. The van der Waals surface area contributed by atoms with Crippen molar-refractivity contribution in [1.82, 2.24) is 0 Å². The highest BCUT2D eigenvalue weighted by Crippen LogP contribution is 2.47. The molecule has 1 aromatic carbocycles. The van der Waals surface area contributed by atoms with Gasteiger partial charge in [-0.05, 0) is 18.4 Å². The fourth-order valence-corrected chi connectivity index (χ4v) is 3.46. The summed E-state index contributed by atoms with van der Waals surface area (Å²) in [7, 11) is -2.29. The first kappa shape index (κ1) is 13.0. The Morgan fingerprint density at radius 2 is 1.89 bits per heavy atom. The van der Waals surface area contributed by atoms with Crippen molar-refractivity contribution in [3.63, 3.8) is 0 Å². The minimum Gasteiger partial charge on any atom is -0.468 e. The highest BCUT2D eigenvalue weighted by molar-refractivity contribution is 7.89. The van der Waals surface area contributed by atoms with Gasteiger partial charge < -0.3 is 4.74 Å². The van der Waals surface area contributed by atoms with Crippen LogP contribution in [0.4, 0.5) is 0 Å². The number of primary sulfonamides is 1. The van der Waals surface area contributed by atoms with E-state index in [1.165, 1.54) is 7.11 Å². The molecule has 0 aliphatic heterocycles. The topological polar surface area (TPSA) is 86.5 Å². The van der Waals surface area contributed by atoms with Crippen LogP contribution in [0, 0.1) is 0 Å². The lowest BCUT2D eigenvalue weighted by Crippen LogP contribution is -2.55. The van der Waals surface area contributed by atoms with Crippen LogP contribution in [0.5, 0.6) is 0 Å². The quantitative estimate of drug-likeness (QED) is 0.812. The van der Waals surface area contributed by atoms with Crippen LogP contribution in [0.1, 0.15) is 18.4 Å². The summed E-state index contributed by atoms with van der Waals surface area (Å²) >= 11 is 0. The van der Waals surface area contributed by atoms with Gasteiger partial charge in [-0.1, -0.05) is 30.3 Å². The van der Waals surface area contributed by atoms with Gasteiger partial charge in [0.1, 0.15) is 0 Å². The minimum atomic E-state index is -3.59. The van der Waals surface area contributed by atoms with Gasteiger partial charge >= 0.3 is 5.97 Å². The van der Waals surface area contributed by atoms with Gasteiger partial charge in [0.05, 0.1) is 17.8 Å². The third-order valence-electron chi connectivity index (χ3n) is 3.52. The van der Waals surface area contributed by atoms with Crippen molar-refractivity contribution >= 4 is 16.0 Å². The summed E-state index contributed by atoms with van der Waals surface area (Å²) in [6, 6.07) is 9.06.